The molecule has 0 saturated heterocycles. The standard InChI is InChI=1S/C3H5O2.CH2Br.La/c1-3(4)5-2;1-2;/h1H2,2H3;1H2;/q2*-1;. The van der Waals surface area contributed by atoms with Crippen LogP contribution in [-0.2, 0) is 9.53 Å². The van der Waals surface area contributed by atoms with Gasteiger partial charge in [0.15, 0.2) is 5.97 Å². The van der Waals surface area contributed by atoms with Crippen molar-refractivity contribution in [2.45, 2.75) is 0 Å². The van der Waals surface area contributed by atoms with Gasteiger partial charge in [-0.25, -0.2) is 0 Å². The number of ether oxygens (including phenoxy) is 1. The Morgan fingerprint density at radius 1 is 1.62 bits per heavy atom. The summed E-state index contributed by atoms with van der Waals surface area (Å²) < 4.78 is 4.00. The first kappa shape index (κ1) is 16.0. The Morgan fingerprint density at radius 2 is 1.75 bits per heavy atom. The summed E-state index contributed by atoms with van der Waals surface area (Å²) in [6.45, 7) is 2.90. The van der Waals surface area contributed by atoms with Crippen LogP contribution in [0.4, 0.5) is 0 Å². The van der Waals surface area contributed by atoms with Crippen LogP contribution < -0.4 is 0 Å². The number of hydrogen-bond acceptors (Lipinski definition) is 2. The van der Waals surface area contributed by atoms with Gasteiger partial charge in [-0.15, -0.1) is 0 Å². The van der Waals surface area contributed by atoms with Gasteiger partial charge in [0, 0.05) is 35.6 Å². The number of methoxy groups -OCH3 is 1. The molecule has 4 heteroatoms. The Kier molecular flexibility index (Phi) is 31.4. The average molecular weight is 306 g/mol. The summed E-state index contributed by atoms with van der Waals surface area (Å²) >= 11 is 2.69. The quantitative estimate of drug-likeness (QED) is 0.496. The topological polar surface area (TPSA) is 26.3 Å². The molecule has 0 N–H and O–H groups in total. The zero-order valence-corrected chi connectivity index (χ0v) is 9.90. The Labute approximate surface area is 86.1 Å². The molecule has 0 aliphatic heterocycles. The van der Waals surface area contributed by atoms with Crippen LogP contribution in [0, 0.1) is 48.4 Å². The maximum absolute atomic E-state index is 9.48. The van der Waals surface area contributed by atoms with E-state index in [-0.39, 0.29) is 35.6 Å². The molecule has 2 nitrogen and oxygen atoms in total. The number of rotatable bonds is 0. The predicted molar refractivity (Wildman–Crippen MR) is 31.7 cm³/mol. The van der Waals surface area contributed by atoms with E-state index in [0.717, 1.165) is 0 Å². The summed E-state index contributed by atoms with van der Waals surface area (Å²) in [4.78, 5) is 9.48. The van der Waals surface area contributed by atoms with Crippen LogP contribution in [0.1, 0.15) is 0 Å². The summed E-state index contributed by atoms with van der Waals surface area (Å²) in [5, 5.41) is 0. The second kappa shape index (κ2) is 15.7. The van der Waals surface area contributed by atoms with Crippen LogP contribution >= 0.6 is 15.9 Å². The number of hydrogen-bond donors (Lipinski definition) is 0. The third-order valence-electron chi connectivity index (χ3n) is 0.228. The van der Waals surface area contributed by atoms with Gasteiger partial charge in [-0.1, -0.05) is 0 Å². The molecule has 0 heterocycles. The van der Waals surface area contributed by atoms with Crippen LogP contribution in [0.5, 0.6) is 0 Å². The van der Waals surface area contributed by atoms with Crippen molar-refractivity contribution in [3.05, 3.63) is 12.8 Å². The molecule has 0 spiro atoms. The zero-order valence-electron chi connectivity index (χ0n) is 4.69. The minimum absolute atomic E-state index is 0. The van der Waals surface area contributed by atoms with Crippen molar-refractivity contribution in [2.24, 2.45) is 0 Å². The molecular formula is C4H7BrLaO2-2. The van der Waals surface area contributed by atoms with Crippen molar-refractivity contribution < 1.29 is 45.1 Å². The van der Waals surface area contributed by atoms with E-state index in [1.807, 2.05) is 0 Å². The molecule has 0 amide bonds. The summed E-state index contributed by atoms with van der Waals surface area (Å²) in [6.07, 6.45) is 0. The van der Waals surface area contributed by atoms with Gasteiger partial charge >= 0.3 is 0 Å². The van der Waals surface area contributed by atoms with E-state index in [2.05, 4.69) is 33.4 Å². The largest absolute Gasteiger partial charge is 0.492 e. The molecule has 8 heavy (non-hydrogen) atoms. The second-order valence-corrected chi connectivity index (χ2v) is 0.576. The van der Waals surface area contributed by atoms with E-state index in [4.69, 9.17) is 0 Å². The molecule has 0 unspecified atom stereocenters. The van der Waals surface area contributed by atoms with E-state index < -0.39 is 5.97 Å². The summed E-state index contributed by atoms with van der Waals surface area (Å²) in [6, 6.07) is 0. The Bertz CT molecular complexity index is 49.3. The van der Waals surface area contributed by atoms with Gasteiger partial charge in [0.05, 0.1) is 7.11 Å². The molecule has 0 aromatic rings. The predicted octanol–water partition coefficient (Wildman–Crippen LogP) is 1.17. The summed E-state index contributed by atoms with van der Waals surface area (Å²) in [5.74, 6) is 2.57. The van der Waals surface area contributed by atoms with Gasteiger partial charge in [0.2, 0.25) is 0 Å². The third-order valence-corrected chi connectivity index (χ3v) is 0.228. The van der Waals surface area contributed by atoms with Gasteiger partial charge in [-0.05, 0) is 0 Å². The molecule has 0 aromatic heterocycles. The van der Waals surface area contributed by atoms with Crippen LogP contribution in [0.15, 0.2) is 0 Å². The van der Waals surface area contributed by atoms with Gasteiger partial charge in [-0.2, -0.15) is 0 Å². The molecule has 1 radical (unpaired) electrons. The van der Waals surface area contributed by atoms with E-state index in [1.54, 1.807) is 0 Å². The maximum atomic E-state index is 9.48. The maximum Gasteiger partial charge on any atom is 0.164 e. The Hall–Kier alpha value is 1.01. The zero-order chi connectivity index (χ0) is 6.28. The number of carbonyl (C=O) groups is 1. The molecule has 0 aliphatic carbocycles. The van der Waals surface area contributed by atoms with E-state index >= 15 is 0 Å². The van der Waals surface area contributed by atoms with E-state index in [1.165, 1.54) is 7.11 Å². The fourth-order valence-corrected chi connectivity index (χ4v) is 0. The average Bonchev–Trinajstić information content (AvgIpc) is 1.73. The number of esters is 1. The molecule has 0 bridgehead atoms. The number of carbonyl (C=O) groups excluding carboxylic acids is 1. The van der Waals surface area contributed by atoms with Crippen molar-refractivity contribution in [3.8, 4) is 0 Å². The minimum atomic E-state index is -0.495. The molecule has 0 rings (SSSR count). The van der Waals surface area contributed by atoms with Crippen molar-refractivity contribution in [3.63, 3.8) is 0 Å². The Morgan fingerprint density at radius 3 is 1.75 bits per heavy atom. The van der Waals surface area contributed by atoms with Crippen LogP contribution in [-0.4, -0.2) is 13.1 Å². The fraction of sp³-hybridized carbons (Fsp3) is 0.250. The van der Waals surface area contributed by atoms with Gasteiger partial charge in [-0.3, -0.25) is 17.6 Å². The van der Waals surface area contributed by atoms with Gasteiger partial charge < -0.3 is 20.7 Å². The van der Waals surface area contributed by atoms with E-state index in [9.17, 15) is 4.79 Å². The van der Waals surface area contributed by atoms with Crippen molar-refractivity contribution in [1.82, 2.24) is 0 Å². The smallest absolute Gasteiger partial charge is 0.164 e. The molecular weight excluding hydrogens is 299 g/mol. The van der Waals surface area contributed by atoms with Crippen LogP contribution in [0.3, 0.4) is 0 Å². The summed E-state index contributed by atoms with van der Waals surface area (Å²) in [7, 11) is 1.29. The van der Waals surface area contributed by atoms with Crippen molar-refractivity contribution in [1.29, 1.82) is 0 Å². The SMILES string of the molecule is [CH2-]Br.[CH2-]C(=O)OC.[La]. The van der Waals surface area contributed by atoms with Crippen LogP contribution in [0.2, 0.25) is 0 Å². The first-order valence-electron chi connectivity index (χ1n) is 1.44. The molecule has 0 atom stereocenters. The second-order valence-electron chi connectivity index (χ2n) is 0.576. The van der Waals surface area contributed by atoms with Gasteiger partial charge in [0.25, 0.3) is 0 Å². The fourth-order valence-electron chi connectivity index (χ4n) is 0. The third kappa shape index (κ3) is 27.9. The molecule has 47 valence electrons. The van der Waals surface area contributed by atoms with Gasteiger partial charge in [0.1, 0.15) is 0 Å². The first-order valence-corrected chi connectivity index (χ1v) is 2.56. The first-order chi connectivity index (χ1) is 3.27. The number of halogens is 1. The Balaban J connectivity index is -0.0000000750. The summed E-state index contributed by atoms with van der Waals surface area (Å²) in [5.41, 5.74) is 0. The van der Waals surface area contributed by atoms with Crippen molar-refractivity contribution in [2.75, 3.05) is 7.11 Å². The van der Waals surface area contributed by atoms with Crippen LogP contribution in [0.25, 0.3) is 0 Å². The van der Waals surface area contributed by atoms with E-state index in [0.29, 0.717) is 0 Å². The molecule has 0 aromatic carbocycles. The van der Waals surface area contributed by atoms with Crippen molar-refractivity contribution >= 4 is 21.9 Å². The monoisotopic (exact) mass is 305 g/mol. The molecule has 0 aliphatic rings. The normalized spacial score (nSPS) is 4.88. The molecule has 0 saturated carbocycles. The minimum Gasteiger partial charge on any atom is -0.492 e. The molecule has 0 fully saturated rings.